The van der Waals surface area contributed by atoms with E-state index in [-0.39, 0.29) is 5.91 Å². The Balaban J connectivity index is 1.93. The first-order chi connectivity index (χ1) is 9.57. The Hall–Kier alpha value is -0.710. The van der Waals surface area contributed by atoms with Gasteiger partial charge in [-0.05, 0) is 37.4 Å². The normalized spacial score (nSPS) is 25.8. The van der Waals surface area contributed by atoms with Gasteiger partial charge in [0.05, 0.1) is 5.54 Å². The molecule has 2 rings (SSSR count). The fourth-order valence-electron chi connectivity index (χ4n) is 2.78. The van der Waals surface area contributed by atoms with Gasteiger partial charge in [0.15, 0.2) is 0 Å². The number of halogens is 1. The quantitative estimate of drug-likeness (QED) is 0.849. The lowest BCUT2D eigenvalue weighted by Crippen LogP contribution is -2.53. The monoisotopic (exact) mass is 312 g/mol. The number of likely N-dealkylation sites (N-methyl/N-ethyl adjacent to an activating group) is 1. The molecule has 1 aromatic carbocycles. The molecule has 0 heterocycles. The van der Waals surface area contributed by atoms with Crippen molar-refractivity contribution in [1.82, 2.24) is 5.32 Å². The van der Waals surface area contributed by atoms with Gasteiger partial charge in [0.2, 0.25) is 5.91 Å². The van der Waals surface area contributed by atoms with Crippen LogP contribution in [-0.4, -0.2) is 23.2 Å². The highest BCUT2D eigenvalue weighted by molar-refractivity contribution is 7.99. The van der Waals surface area contributed by atoms with Crippen LogP contribution in [0.1, 0.15) is 31.7 Å². The molecule has 0 bridgehead atoms. The Labute approximate surface area is 129 Å². The highest BCUT2D eigenvalue weighted by atomic mass is 35.5. The zero-order valence-electron chi connectivity index (χ0n) is 11.7. The molecule has 3 nitrogen and oxygen atoms in total. The van der Waals surface area contributed by atoms with Gasteiger partial charge in [-0.1, -0.05) is 36.7 Å². The molecule has 1 aliphatic rings. The van der Waals surface area contributed by atoms with Gasteiger partial charge in [0, 0.05) is 16.0 Å². The highest BCUT2D eigenvalue weighted by Gasteiger charge is 2.43. The lowest BCUT2D eigenvalue weighted by atomic mass is 9.97. The van der Waals surface area contributed by atoms with Crippen LogP contribution in [0.15, 0.2) is 24.3 Å². The van der Waals surface area contributed by atoms with Crippen LogP contribution < -0.4 is 11.1 Å². The van der Waals surface area contributed by atoms with Crippen molar-refractivity contribution in [1.29, 1.82) is 0 Å². The molecule has 20 heavy (non-hydrogen) atoms. The van der Waals surface area contributed by atoms with Crippen molar-refractivity contribution in [3.63, 3.8) is 0 Å². The summed E-state index contributed by atoms with van der Waals surface area (Å²) >= 11 is 8.03. The second-order valence-corrected chi connectivity index (χ2v) is 6.94. The van der Waals surface area contributed by atoms with Gasteiger partial charge in [-0.3, -0.25) is 4.79 Å². The maximum absolute atomic E-state index is 11.7. The van der Waals surface area contributed by atoms with Crippen LogP contribution in [0.4, 0.5) is 0 Å². The minimum Gasteiger partial charge on any atom is -0.368 e. The summed E-state index contributed by atoms with van der Waals surface area (Å²) in [5, 5.41) is 4.55. The van der Waals surface area contributed by atoms with Gasteiger partial charge >= 0.3 is 0 Å². The maximum atomic E-state index is 11.7. The third-order valence-corrected chi connectivity index (χ3v) is 5.61. The predicted octanol–water partition coefficient (Wildman–Crippen LogP) is 2.96. The zero-order chi connectivity index (χ0) is 14.6. The van der Waals surface area contributed by atoms with Crippen molar-refractivity contribution in [2.45, 2.75) is 42.7 Å². The zero-order valence-corrected chi connectivity index (χ0v) is 13.3. The molecule has 1 aliphatic carbocycles. The number of carbonyl (C=O) groups is 1. The van der Waals surface area contributed by atoms with Crippen LogP contribution in [-0.2, 0) is 10.5 Å². The van der Waals surface area contributed by atoms with Crippen LogP contribution in [0.25, 0.3) is 0 Å². The van der Waals surface area contributed by atoms with Crippen LogP contribution in [0, 0.1) is 0 Å². The summed E-state index contributed by atoms with van der Waals surface area (Å²) in [7, 11) is 0. The third-order valence-electron chi connectivity index (χ3n) is 3.89. The Morgan fingerprint density at radius 2 is 2.30 bits per heavy atom. The maximum Gasteiger partial charge on any atom is 0.237 e. The summed E-state index contributed by atoms with van der Waals surface area (Å²) in [4.78, 5) is 11.7. The van der Waals surface area contributed by atoms with Crippen LogP contribution in [0.5, 0.6) is 0 Å². The van der Waals surface area contributed by atoms with E-state index in [1.165, 1.54) is 0 Å². The van der Waals surface area contributed by atoms with Crippen molar-refractivity contribution in [3.05, 3.63) is 34.9 Å². The first-order valence-corrected chi connectivity index (χ1v) is 8.40. The van der Waals surface area contributed by atoms with E-state index in [4.69, 9.17) is 17.3 Å². The standard InChI is InChI=1S/C15H21ClN2OS/c1-2-18-15(14(17)19)8-7-12(9-15)20-10-11-5-3-4-6-13(11)16/h3-6,12,18H,2,7-10H2,1H3,(H2,17,19). The van der Waals surface area contributed by atoms with Gasteiger partial charge in [-0.15, -0.1) is 0 Å². The average molecular weight is 313 g/mol. The Morgan fingerprint density at radius 1 is 1.55 bits per heavy atom. The molecule has 110 valence electrons. The second kappa shape index (κ2) is 6.83. The molecule has 1 aromatic rings. The predicted molar refractivity (Wildman–Crippen MR) is 86.0 cm³/mol. The van der Waals surface area contributed by atoms with E-state index < -0.39 is 5.54 Å². The molecule has 0 saturated heterocycles. The summed E-state index contributed by atoms with van der Waals surface area (Å²) in [5.41, 5.74) is 6.23. The molecule has 3 N–H and O–H groups in total. The molecule has 5 heteroatoms. The molecular formula is C15H21ClN2OS. The molecule has 1 fully saturated rings. The van der Waals surface area contributed by atoms with E-state index in [9.17, 15) is 4.79 Å². The van der Waals surface area contributed by atoms with Crippen molar-refractivity contribution in [2.75, 3.05) is 6.54 Å². The summed E-state index contributed by atoms with van der Waals surface area (Å²) in [6, 6.07) is 7.91. The molecule has 1 saturated carbocycles. The van der Waals surface area contributed by atoms with E-state index in [0.29, 0.717) is 5.25 Å². The molecule has 1 amide bonds. The Kier molecular flexibility index (Phi) is 5.35. The van der Waals surface area contributed by atoms with Gasteiger partial charge in [-0.25, -0.2) is 0 Å². The van der Waals surface area contributed by atoms with Crippen LogP contribution >= 0.6 is 23.4 Å². The molecule has 0 radical (unpaired) electrons. The largest absolute Gasteiger partial charge is 0.368 e. The molecule has 2 atom stereocenters. The molecule has 2 unspecified atom stereocenters. The lowest BCUT2D eigenvalue weighted by molar-refractivity contribution is -0.124. The summed E-state index contributed by atoms with van der Waals surface area (Å²) in [6.07, 6.45) is 2.66. The summed E-state index contributed by atoms with van der Waals surface area (Å²) in [5.74, 6) is 0.658. The lowest BCUT2D eigenvalue weighted by Gasteiger charge is -2.26. The van der Waals surface area contributed by atoms with Crippen molar-refractivity contribution in [3.8, 4) is 0 Å². The first kappa shape index (κ1) is 15.7. The molecule has 0 spiro atoms. The number of benzene rings is 1. The summed E-state index contributed by atoms with van der Waals surface area (Å²) in [6.45, 7) is 2.78. The Morgan fingerprint density at radius 3 is 2.95 bits per heavy atom. The van der Waals surface area contributed by atoms with E-state index in [2.05, 4.69) is 11.4 Å². The first-order valence-electron chi connectivity index (χ1n) is 6.97. The molecule has 0 aliphatic heterocycles. The van der Waals surface area contributed by atoms with Crippen molar-refractivity contribution < 1.29 is 4.79 Å². The van der Waals surface area contributed by atoms with Gasteiger partial charge in [0.25, 0.3) is 0 Å². The highest BCUT2D eigenvalue weighted by Crippen LogP contribution is 2.38. The second-order valence-electron chi connectivity index (χ2n) is 5.24. The topological polar surface area (TPSA) is 55.1 Å². The number of hydrogen-bond acceptors (Lipinski definition) is 3. The number of amides is 1. The molecular weight excluding hydrogens is 292 g/mol. The number of nitrogens with two attached hydrogens (primary N) is 1. The van der Waals surface area contributed by atoms with Gasteiger partial charge in [0.1, 0.15) is 0 Å². The van der Waals surface area contributed by atoms with Crippen molar-refractivity contribution in [2.24, 2.45) is 5.73 Å². The number of carbonyl (C=O) groups excluding carboxylic acids is 1. The van der Waals surface area contributed by atoms with E-state index in [1.807, 2.05) is 36.9 Å². The number of primary amides is 1. The van der Waals surface area contributed by atoms with Gasteiger partial charge < -0.3 is 11.1 Å². The SMILES string of the molecule is CCNC1(C(N)=O)CCC(SCc2ccccc2Cl)C1. The number of thioether (sulfide) groups is 1. The smallest absolute Gasteiger partial charge is 0.237 e. The summed E-state index contributed by atoms with van der Waals surface area (Å²) < 4.78 is 0. The minimum atomic E-state index is -0.507. The van der Waals surface area contributed by atoms with Crippen LogP contribution in [0.3, 0.4) is 0 Å². The van der Waals surface area contributed by atoms with Gasteiger partial charge in [-0.2, -0.15) is 11.8 Å². The fourth-order valence-corrected chi connectivity index (χ4v) is 4.41. The average Bonchev–Trinajstić information content (AvgIpc) is 2.83. The minimum absolute atomic E-state index is 0.222. The van der Waals surface area contributed by atoms with Crippen molar-refractivity contribution >= 4 is 29.3 Å². The number of hydrogen-bond donors (Lipinski definition) is 2. The molecule has 0 aromatic heterocycles. The Bertz CT molecular complexity index is 483. The van der Waals surface area contributed by atoms with Crippen LogP contribution in [0.2, 0.25) is 5.02 Å². The van der Waals surface area contributed by atoms with E-state index in [1.54, 1.807) is 0 Å². The van der Waals surface area contributed by atoms with E-state index >= 15 is 0 Å². The third kappa shape index (κ3) is 3.48. The van der Waals surface area contributed by atoms with E-state index in [0.717, 1.165) is 42.1 Å². The fraction of sp³-hybridized carbons (Fsp3) is 0.533. The number of nitrogens with one attached hydrogen (secondary N) is 1. The number of rotatable bonds is 6.